The summed E-state index contributed by atoms with van der Waals surface area (Å²) in [5.41, 5.74) is -0.991. The molecule has 0 unspecified atom stereocenters. The Morgan fingerprint density at radius 3 is 2.60 bits per heavy atom. The van der Waals surface area contributed by atoms with Crippen LogP contribution in [0.1, 0.15) is 18.9 Å². The predicted molar refractivity (Wildman–Crippen MR) is 67.7 cm³/mol. The molecular formula is C12H16F3NO3S. The summed E-state index contributed by atoms with van der Waals surface area (Å²) in [6, 6.07) is 3.64. The van der Waals surface area contributed by atoms with Crippen LogP contribution in [0.3, 0.4) is 0 Å². The minimum absolute atomic E-state index is 0.110. The third-order valence-electron chi connectivity index (χ3n) is 2.43. The molecule has 0 saturated heterocycles. The van der Waals surface area contributed by atoms with Gasteiger partial charge in [-0.25, -0.2) is 13.1 Å². The SMILES string of the molecule is CCOCCCNS(=O)(=O)c1cccc(C(F)(F)F)c1. The molecule has 8 heteroatoms. The van der Waals surface area contributed by atoms with Gasteiger partial charge in [-0.15, -0.1) is 0 Å². The lowest BCUT2D eigenvalue weighted by Crippen LogP contribution is -2.26. The zero-order valence-electron chi connectivity index (χ0n) is 10.9. The summed E-state index contributed by atoms with van der Waals surface area (Å²) in [6.07, 6.45) is -4.12. The van der Waals surface area contributed by atoms with Gasteiger partial charge in [-0.2, -0.15) is 13.2 Å². The van der Waals surface area contributed by atoms with Crippen LogP contribution in [-0.2, 0) is 20.9 Å². The molecule has 0 amide bonds. The Hall–Kier alpha value is -1.12. The first kappa shape index (κ1) is 16.9. The quantitative estimate of drug-likeness (QED) is 0.787. The molecule has 0 atom stereocenters. The largest absolute Gasteiger partial charge is 0.416 e. The van der Waals surface area contributed by atoms with Crippen LogP contribution in [0.25, 0.3) is 0 Å². The molecule has 0 spiro atoms. The maximum absolute atomic E-state index is 12.5. The molecule has 0 aliphatic heterocycles. The lowest BCUT2D eigenvalue weighted by atomic mass is 10.2. The Bertz CT molecular complexity index is 529. The molecule has 1 aromatic rings. The number of halogens is 3. The molecule has 0 aromatic heterocycles. The first-order valence-electron chi connectivity index (χ1n) is 6.02. The van der Waals surface area contributed by atoms with Crippen molar-refractivity contribution in [2.75, 3.05) is 19.8 Å². The zero-order valence-corrected chi connectivity index (χ0v) is 11.7. The lowest BCUT2D eigenvalue weighted by Gasteiger charge is -2.10. The van der Waals surface area contributed by atoms with Gasteiger partial charge < -0.3 is 4.74 Å². The first-order valence-corrected chi connectivity index (χ1v) is 7.50. The number of benzene rings is 1. The van der Waals surface area contributed by atoms with Gasteiger partial charge >= 0.3 is 6.18 Å². The third-order valence-corrected chi connectivity index (χ3v) is 3.89. The molecule has 0 aliphatic carbocycles. The average molecular weight is 311 g/mol. The van der Waals surface area contributed by atoms with E-state index >= 15 is 0 Å². The van der Waals surface area contributed by atoms with E-state index in [1.165, 1.54) is 0 Å². The lowest BCUT2D eigenvalue weighted by molar-refractivity contribution is -0.137. The first-order chi connectivity index (χ1) is 9.27. The van der Waals surface area contributed by atoms with Crippen molar-refractivity contribution in [3.05, 3.63) is 29.8 Å². The maximum Gasteiger partial charge on any atom is 0.416 e. The summed E-state index contributed by atoms with van der Waals surface area (Å²) in [5, 5.41) is 0. The average Bonchev–Trinajstić information content (AvgIpc) is 2.37. The highest BCUT2D eigenvalue weighted by Crippen LogP contribution is 2.30. The van der Waals surface area contributed by atoms with Crippen LogP contribution >= 0.6 is 0 Å². The minimum atomic E-state index is -4.57. The molecule has 0 aliphatic rings. The summed E-state index contributed by atoms with van der Waals surface area (Å²) in [7, 11) is -3.94. The van der Waals surface area contributed by atoms with E-state index in [-0.39, 0.29) is 6.54 Å². The highest BCUT2D eigenvalue weighted by atomic mass is 32.2. The molecule has 1 rings (SSSR count). The summed E-state index contributed by atoms with van der Waals surface area (Å²) in [6.45, 7) is 2.84. The van der Waals surface area contributed by atoms with Gasteiger partial charge in [0, 0.05) is 19.8 Å². The number of alkyl halides is 3. The molecule has 0 radical (unpaired) electrons. The van der Waals surface area contributed by atoms with E-state index in [4.69, 9.17) is 4.74 Å². The highest BCUT2D eigenvalue weighted by molar-refractivity contribution is 7.89. The van der Waals surface area contributed by atoms with Crippen LogP contribution < -0.4 is 4.72 Å². The fourth-order valence-electron chi connectivity index (χ4n) is 1.45. The molecule has 20 heavy (non-hydrogen) atoms. The number of ether oxygens (including phenoxy) is 1. The topological polar surface area (TPSA) is 55.4 Å². The number of hydrogen-bond donors (Lipinski definition) is 1. The summed E-state index contributed by atoms with van der Waals surface area (Å²) >= 11 is 0. The van der Waals surface area contributed by atoms with Crippen LogP contribution in [-0.4, -0.2) is 28.2 Å². The van der Waals surface area contributed by atoms with Crippen molar-refractivity contribution in [1.29, 1.82) is 0 Å². The van der Waals surface area contributed by atoms with E-state index in [2.05, 4.69) is 4.72 Å². The second-order valence-electron chi connectivity index (χ2n) is 3.97. The maximum atomic E-state index is 12.5. The van der Waals surface area contributed by atoms with E-state index in [9.17, 15) is 21.6 Å². The summed E-state index contributed by atoms with van der Waals surface area (Å²) in [5.74, 6) is 0. The van der Waals surface area contributed by atoms with Gasteiger partial charge in [-0.1, -0.05) is 6.07 Å². The smallest absolute Gasteiger partial charge is 0.382 e. The van der Waals surface area contributed by atoms with Gasteiger partial charge in [0.15, 0.2) is 0 Å². The molecule has 1 aromatic carbocycles. The van der Waals surface area contributed by atoms with Gasteiger partial charge in [0.05, 0.1) is 10.5 Å². The van der Waals surface area contributed by atoms with E-state index in [0.29, 0.717) is 25.7 Å². The van der Waals surface area contributed by atoms with Crippen molar-refractivity contribution in [3.63, 3.8) is 0 Å². The second kappa shape index (κ2) is 7.05. The number of sulfonamides is 1. The molecule has 0 fully saturated rings. The Labute approximate surface area is 116 Å². The molecule has 0 heterocycles. The second-order valence-corrected chi connectivity index (χ2v) is 5.74. The van der Waals surface area contributed by atoms with Gasteiger partial charge in [0.1, 0.15) is 0 Å². The third kappa shape index (κ3) is 5.10. The number of rotatable bonds is 7. The van der Waals surface area contributed by atoms with E-state index in [1.54, 1.807) is 0 Å². The summed E-state index contributed by atoms with van der Waals surface area (Å²) < 4.78 is 68.5. The van der Waals surface area contributed by atoms with Gasteiger partial charge in [-0.05, 0) is 31.5 Å². The number of nitrogens with one attached hydrogen (secondary N) is 1. The van der Waals surface area contributed by atoms with Gasteiger partial charge in [0.25, 0.3) is 0 Å². The van der Waals surface area contributed by atoms with Crippen LogP contribution in [0.2, 0.25) is 0 Å². The Kier molecular flexibility index (Phi) is 5.97. The van der Waals surface area contributed by atoms with Crippen LogP contribution in [0.15, 0.2) is 29.2 Å². The fraction of sp³-hybridized carbons (Fsp3) is 0.500. The summed E-state index contributed by atoms with van der Waals surface area (Å²) in [4.78, 5) is -0.399. The molecule has 0 saturated carbocycles. The number of hydrogen-bond acceptors (Lipinski definition) is 3. The van der Waals surface area contributed by atoms with Crippen LogP contribution in [0, 0.1) is 0 Å². The molecule has 0 bridgehead atoms. The van der Waals surface area contributed by atoms with Gasteiger partial charge in [0.2, 0.25) is 10.0 Å². The van der Waals surface area contributed by atoms with Crippen molar-refractivity contribution < 1.29 is 26.3 Å². The molecular weight excluding hydrogens is 295 g/mol. The molecule has 114 valence electrons. The fourth-order valence-corrected chi connectivity index (χ4v) is 2.57. The van der Waals surface area contributed by atoms with Crippen molar-refractivity contribution >= 4 is 10.0 Å². The highest BCUT2D eigenvalue weighted by Gasteiger charge is 2.31. The van der Waals surface area contributed by atoms with E-state index in [1.807, 2.05) is 6.92 Å². The van der Waals surface area contributed by atoms with Gasteiger partial charge in [-0.3, -0.25) is 0 Å². The Balaban J connectivity index is 2.73. The monoisotopic (exact) mass is 311 g/mol. The van der Waals surface area contributed by atoms with Crippen LogP contribution in [0.4, 0.5) is 13.2 Å². The van der Waals surface area contributed by atoms with Crippen molar-refractivity contribution in [2.24, 2.45) is 0 Å². The van der Waals surface area contributed by atoms with Crippen LogP contribution in [0.5, 0.6) is 0 Å². The van der Waals surface area contributed by atoms with E-state index < -0.39 is 26.7 Å². The Morgan fingerprint density at radius 1 is 1.30 bits per heavy atom. The zero-order chi connectivity index (χ0) is 15.2. The standard InChI is InChI=1S/C12H16F3NO3S/c1-2-19-8-4-7-16-20(17,18)11-6-3-5-10(9-11)12(13,14)15/h3,5-6,9,16H,2,4,7-8H2,1H3. The minimum Gasteiger partial charge on any atom is -0.382 e. The molecule has 1 N–H and O–H groups in total. The Morgan fingerprint density at radius 2 is 2.00 bits per heavy atom. The van der Waals surface area contributed by atoms with Crippen molar-refractivity contribution in [2.45, 2.75) is 24.4 Å². The van der Waals surface area contributed by atoms with Crippen molar-refractivity contribution in [3.8, 4) is 0 Å². The normalized spacial score (nSPS) is 12.6. The molecule has 4 nitrogen and oxygen atoms in total. The van der Waals surface area contributed by atoms with E-state index in [0.717, 1.165) is 18.2 Å². The predicted octanol–water partition coefficient (Wildman–Crippen LogP) is 2.41. The van der Waals surface area contributed by atoms with Crippen molar-refractivity contribution in [1.82, 2.24) is 4.72 Å².